The molecule has 0 heterocycles. The Bertz CT molecular complexity index is 913. The number of rotatable bonds is 5. The smallest absolute Gasteiger partial charge is 0.148 e. The highest BCUT2D eigenvalue weighted by Crippen LogP contribution is 2.25. The molecule has 4 heteroatoms. The Morgan fingerprint density at radius 2 is 1.50 bits per heavy atom. The maximum absolute atomic E-state index is 10.1. The van der Waals surface area contributed by atoms with Crippen molar-refractivity contribution in [3.63, 3.8) is 0 Å². The summed E-state index contributed by atoms with van der Waals surface area (Å²) in [4.78, 5) is 0. The van der Waals surface area contributed by atoms with E-state index in [0.717, 1.165) is 10.2 Å². The zero-order valence-corrected chi connectivity index (χ0v) is 15.5. The average molecular weight is 409 g/mol. The summed E-state index contributed by atoms with van der Waals surface area (Å²) in [6, 6.07) is 24.5. The van der Waals surface area contributed by atoms with Crippen molar-refractivity contribution in [2.45, 2.75) is 6.10 Å². The number of aliphatic hydroxyl groups excluding tert-OH is 1. The summed E-state index contributed by atoms with van der Waals surface area (Å²) in [5, 5.41) is 10.1. The van der Waals surface area contributed by atoms with E-state index in [9.17, 15) is 5.11 Å². The minimum absolute atomic E-state index is 0.0807. The van der Waals surface area contributed by atoms with Crippen molar-refractivity contribution in [1.29, 1.82) is 0 Å². The molecule has 3 nitrogen and oxygen atoms in total. The molecule has 130 valence electrons. The molecule has 0 saturated carbocycles. The van der Waals surface area contributed by atoms with Gasteiger partial charge in [-0.1, -0.05) is 54.3 Å². The molecule has 0 aromatic heterocycles. The Morgan fingerprint density at radius 1 is 0.846 bits per heavy atom. The van der Waals surface area contributed by atoms with Crippen LogP contribution in [0.5, 0.6) is 17.2 Å². The third kappa shape index (κ3) is 5.13. The Kier molecular flexibility index (Phi) is 6.32. The maximum atomic E-state index is 10.1. The summed E-state index contributed by atoms with van der Waals surface area (Å²) in [6.45, 7) is 0.0807. The van der Waals surface area contributed by atoms with Crippen LogP contribution in [-0.4, -0.2) is 17.8 Å². The predicted molar refractivity (Wildman–Crippen MR) is 105 cm³/mol. The molecule has 0 saturated heterocycles. The summed E-state index contributed by atoms with van der Waals surface area (Å²) >= 11 is 3.40. The molecule has 0 aliphatic carbocycles. The van der Waals surface area contributed by atoms with E-state index in [0.29, 0.717) is 17.1 Å². The Balaban J connectivity index is 1.66. The molecule has 0 unspecified atom stereocenters. The van der Waals surface area contributed by atoms with Gasteiger partial charge in [-0.15, -0.1) is 0 Å². The molecule has 0 amide bonds. The number of halogens is 1. The highest BCUT2D eigenvalue weighted by molar-refractivity contribution is 9.10. The van der Waals surface area contributed by atoms with Gasteiger partial charge in [-0.2, -0.15) is 0 Å². The SMILES string of the molecule is O[C@@H](C#Cc1ccccc1Oc1ccccc1)COc1ccccc1Br. The van der Waals surface area contributed by atoms with E-state index < -0.39 is 6.10 Å². The van der Waals surface area contributed by atoms with Gasteiger partial charge in [-0.3, -0.25) is 0 Å². The first-order chi connectivity index (χ1) is 12.7. The largest absolute Gasteiger partial charge is 0.489 e. The highest BCUT2D eigenvalue weighted by Gasteiger charge is 2.05. The zero-order valence-electron chi connectivity index (χ0n) is 13.9. The van der Waals surface area contributed by atoms with E-state index in [4.69, 9.17) is 9.47 Å². The first-order valence-electron chi connectivity index (χ1n) is 8.11. The summed E-state index contributed by atoms with van der Waals surface area (Å²) in [6.07, 6.45) is -0.910. The van der Waals surface area contributed by atoms with Crippen LogP contribution in [0.4, 0.5) is 0 Å². The van der Waals surface area contributed by atoms with Crippen molar-refractivity contribution < 1.29 is 14.6 Å². The van der Waals surface area contributed by atoms with E-state index in [1.807, 2.05) is 78.9 Å². The highest BCUT2D eigenvalue weighted by atomic mass is 79.9. The third-order valence-electron chi connectivity index (χ3n) is 3.46. The van der Waals surface area contributed by atoms with Gasteiger partial charge in [-0.25, -0.2) is 0 Å². The fourth-order valence-corrected chi connectivity index (χ4v) is 2.61. The number of aliphatic hydroxyl groups is 1. The van der Waals surface area contributed by atoms with E-state index >= 15 is 0 Å². The molecule has 0 radical (unpaired) electrons. The lowest BCUT2D eigenvalue weighted by molar-refractivity contribution is 0.151. The second-order valence-electron chi connectivity index (χ2n) is 5.44. The second-order valence-corrected chi connectivity index (χ2v) is 6.29. The van der Waals surface area contributed by atoms with Gasteiger partial charge >= 0.3 is 0 Å². The van der Waals surface area contributed by atoms with Gasteiger partial charge in [0.15, 0.2) is 0 Å². The van der Waals surface area contributed by atoms with E-state index in [2.05, 4.69) is 27.8 Å². The van der Waals surface area contributed by atoms with Crippen molar-refractivity contribution in [2.75, 3.05) is 6.61 Å². The lowest BCUT2D eigenvalue weighted by atomic mass is 10.2. The number of hydrogen-bond donors (Lipinski definition) is 1. The number of benzene rings is 3. The molecule has 0 fully saturated rings. The van der Waals surface area contributed by atoms with Crippen LogP contribution in [0, 0.1) is 11.8 Å². The monoisotopic (exact) mass is 408 g/mol. The summed E-state index contributed by atoms with van der Waals surface area (Å²) < 4.78 is 12.3. The van der Waals surface area contributed by atoms with E-state index in [1.165, 1.54) is 0 Å². The van der Waals surface area contributed by atoms with Crippen molar-refractivity contribution in [3.05, 3.63) is 88.9 Å². The first-order valence-corrected chi connectivity index (χ1v) is 8.90. The van der Waals surface area contributed by atoms with E-state index in [-0.39, 0.29) is 6.61 Å². The molecule has 0 aliphatic heterocycles. The van der Waals surface area contributed by atoms with Crippen LogP contribution in [0.2, 0.25) is 0 Å². The van der Waals surface area contributed by atoms with Crippen molar-refractivity contribution in [2.24, 2.45) is 0 Å². The molecule has 0 aliphatic rings. The van der Waals surface area contributed by atoms with Crippen molar-refractivity contribution >= 4 is 15.9 Å². The van der Waals surface area contributed by atoms with Crippen LogP contribution in [0.15, 0.2) is 83.3 Å². The fourth-order valence-electron chi connectivity index (χ4n) is 2.21. The molecular formula is C22H17BrO3. The first kappa shape index (κ1) is 18.1. The molecule has 3 rings (SSSR count). The number of hydrogen-bond acceptors (Lipinski definition) is 3. The molecule has 3 aromatic carbocycles. The third-order valence-corrected chi connectivity index (χ3v) is 4.12. The molecule has 0 spiro atoms. The lowest BCUT2D eigenvalue weighted by Crippen LogP contribution is -2.15. The lowest BCUT2D eigenvalue weighted by Gasteiger charge is -2.09. The molecule has 3 aromatic rings. The average Bonchev–Trinajstić information content (AvgIpc) is 2.67. The van der Waals surface area contributed by atoms with Crippen LogP contribution in [-0.2, 0) is 0 Å². The second kappa shape index (κ2) is 9.10. The van der Waals surface area contributed by atoms with Gasteiger partial charge in [0.05, 0.1) is 10.0 Å². The molecule has 0 bridgehead atoms. The minimum Gasteiger partial charge on any atom is -0.489 e. The zero-order chi connectivity index (χ0) is 18.2. The van der Waals surface area contributed by atoms with Gasteiger partial charge in [0.1, 0.15) is 30.0 Å². The van der Waals surface area contributed by atoms with Crippen molar-refractivity contribution in [3.8, 4) is 29.1 Å². The van der Waals surface area contributed by atoms with Gasteiger partial charge < -0.3 is 14.6 Å². The predicted octanol–water partition coefficient (Wildman–Crippen LogP) is 5.03. The molecule has 26 heavy (non-hydrogen) atoms. The van der Waals surface area contributed by atoms with Crippen LogP contribution >= 0.6 is 15.9 Å². The molecular weight excluding hydrogens is 392 g/mol. The molecule has 1 N–H and O–H groups in total. The maximum Gasteiger partial charge on any atom is 0.148 e. The Labute approximate surface area is 161 Å². The number of ether oxygens (including phenoxy) is 2. The van der Waals surface area contributed by atoms with Crippen LogP contribution in [0.3, 0.4) is 0 Å². The van der Waals surface area contributed by atoms with Gasteiger partial charge in [0, 0.05) is 0 Å². The quantitative estimate of drug-likeness (QED) is 0.601. The number of para-hydroxylation sites is 3. The standard InChI is InChI=1S/C22H17BrO3/c23-20-11-5-7-13-22(20)25-16-18(24)15-14-17-8-4-6-12-21(17)26-19-9-2-1-3-10-19/h1-13,18,24H,16H2/t18-/m0/s1. The van der Waals surface area contributed by atoms with Crippen LogP contribution in [0.1, 0.15) is 5.56 Å². The Morgan fingerprint density at radius 3 is 2.27 bits per heavy atom. The minimum atomic E-state index is -0.910. The van der Waals surface area contributed by atoms with Gasteiger partial charge in [0.25, 0.3) is 0 Å². The van der Waals surface area contributed by atoms with E-state index in [1.54, 1.807) is 0 Å². The van der Waals surface area contributed by atoms with Gasteiger partial charge in [0.2, 0.25) is 0 Å². The Hall–Kier alpha value is -2.74. The summed E-state index contributed by atoms with van der Waals surface area (Å²) in [7, 11) is 0. The molecule has 1 atom stereocenters. The van der Waals surface area contributed by atoms with Crippen LogP contribution in [0.25, 0.3) is 0 Å². The topological polar surface area (TPSA) is 38.7 Å². The van der Waals surface area contributed by atoms with Crippen molar-refractivity contribution in [1.82, 2.24) is 0 Å². The van der Waals surface area contributed by atoms with Crippen LogP contribution < -0.4 is 9.47 Å². The fraction of sp³-hybridized carbons (Fsp3) is 0.0909. The normalized spacial score (nSPS) is 11.2. The summed E-state index contributed by atoms with van der Waals surface area (Å²) in [5.41, 5.74) is 0.705. The van der Waals surface area contributed by atoms with Gasteiger partial charge in [-0.05, 0) is 52.3 Å². The summed E-state index contributed by atoms with van der Waals surface area (Å²) in [5.74, 6) is 7.81.